The number of ketones is 1. The number of hydrogen-bond acceptors (Lipinski definition) is 2. The molecule has 3 aromatic rings. The number of benzene rings is 2. The summed E-state index contributed by atoms with van der Waals surface area (Å²) in [6.07, 6.45) is 0. The summed E-state index contributed by atoms with van der Waals surface area (Å²) in [6, 6.07) is 14.9. The highest BCUT2D eigenvalue weighted by atomic mass is 79.9. The van der Waals surface area contributed by atoms with Crippen molar-refractivity contribution in [3.05, 3.63) is 69.9 Å². The Balaban J connectivity index is 2.06. The molecule has 0 aliphatic heterocycles. The lowest BCUT2D eigenvalue weighted by atomic mass is 10.1. The summed E-state index contributed by atoms with van der Waals surface area (Å²) in [5, 5.41) is 0.959. The minimum absolute atomic E-state index is 0.0944. The van der Waals surface area contributed by atoms with Gasteiger partial charge >= 0.3 is 0 Å². The van der Waals surface area contributed by atoms with E-state index in [1.807, 2.05) is 37.3 Å². The van der Waals surface area contributed by atoms with Crippen LogP contribution in [0.5, 0.6) is 0 Å². The Labute approximate surface area is 119 Å². The van der Waals surface area contributed by atoms with Crippen molar-refractivity contribution in [2.45, 2.75) is 6.92 Å². The van der Waals surface area contributed by atoms with Crippen molar-refractivity contribution in [3.8, 4) is 0 Å². The molecule has 0 saturated heterocycles. The number of carbonyl (C=O) groups is 1. The minimum Gasteiger partial charge on any atom is -0.452 e. The molecule has 1 aromatic heterocycles. The van der Waals surface area contributed by atoms with Crippen LogP contribution in [0.1, 0.15) is 21.7 Å². The number of carbonyl (C=O) groups excluding carboxylic acids is 1. The van der Waals surface area contributed by atoms with E-state index in [2.05, 4.69) is 15.9 Å². The van der Waals surface area contributed by atoms with Crippen LogP contribution in [0.25, 0.3) is 11.0 Å². The maximum Gasteiger partial charge on any atom is 0.228 e. The van der Waals surface area contributed by atoms with Crippen molar-refractivity contribution >= 4 is 32.7 Å². The highest BCUT2D eigenvalue weighted by Gasteiger charge is 2.15. The van der Waals surface area contributed by atoms with Gasteiger partial charge in [-0.25, -0.2) is 0 Å². The molecule has 3 heteroatoms. The van der Waals surface area contributed by atoms with Crippen LogP contribution < -0.4 is 0 Å². The summed E-state index contributed by atoms with van der Waals surface area (Å²) in [7, 11) is 0. The van der Waals surface area contributed by atoms with E-state index in [-0.39, 0.29) is 5.78 Å². The van der Waals surface area contributed by atoms with Gasteiger partial charge in [0.15, 0.2) is 5.76 Å². The quantitative estimate of drug-likeness (QED) is 0.640. The van der Waals surface area contributed by atoms with Crippen LogP contribution >= 0.6 is 15.9 Å². The van der Waals surface area contributed by atoms with E-state index >= 15 is 0 Å². The van der Waals surface area contributed by atoms with Crippen molar-refractivity contribution < 1.29 is 9.21 Å². The second-order valence-electron chi connectivity index (χ2n) is 4.44. The van der Waals surface area contributed by atoms with Gasteiger partial charge in [0.05, 0.1) is 0 Å². The van der Waals surface area contributed by atoms with Gasteiger partial charge in [0.25, 0.3) is 0 Å². The average molecular weight is 315 g/mol. The molecule has 19 heavy (non-hydrogen) atoms. The fourth-order valence-corrected chi connectivity index (χ4v) is 2.33. The predicted octanol–water partition coefficient (Wildman–Crippen LogP) is 4.73. The Morgan fingerprint density at radius 2 is 1.84 bits per heavy atom. The Kier molecular flexibility index (Phi) is 2.99. The van der Waals surface area contributed by atoms with Gasteiger partial charge in [-0.05, 0) is 42.8 Å². The topological polar surface area (TPSA) is 30.2 Å². The maximum absolute atomic E-state index is 12.3. The van der Waals surface area contributed by atoms with Crippen LogP contribution in [0.3, 0.4) is 0 Å². The highest BCUT2D eigenvalue weighted by molar-refractivity contribution is 9.10. The Morgan fingerprint density at radius 3 is 2.53 bits per heavy atom. The molecule has 94 valence electrons. The first-order chi connectivity index (χ1) is 9.15. The smallest absolute Gasteiger partial charge is 0.228 e. The normalized spacial score (nSPS) is 10.8. The van der Waals surface area contributed by atoms with Crippen molar-refractivity contribution in [2.75, 3.05) is 0 Å². The number of para-hydroxylation sites is 1. The minimum atomic E-state index is -0.0944. The second kappa shape index (κ2) is 4.67. The van der Waals surface area contributed by atoms with Gasteiger partial charge in [-0.2, -0.15) is 0 Å². The molecule has 2 aromatic carbocycles. The summed E-state index contributed by atoms with van der Waals surface area (Å²) in [5.74, 6) is 0.287. The summed E-state index contributed by atoms with van der Waals surface area (Å²) in [4.78, 5) is 12.3. The molecule has 0 spiro atoms. The molecule has 0 fully saturated rings. The van der Waals surface area contributed by atoms with E-state index in [0.29, 0.717) is 11.3 Å². The molecule has 2 nitrogen and oxygen atoms in total. The monoisotopic (exact) mass is 314 g/mol. The van der Waals surface area contributed by atoms with Gasteiger partial charge in [0.2, 0.25) is 5.78 Å². The van der Waals surface area contributed by atoms with Gasteiger partial charge in [0, 0.05) is 15.4 Å². The number of hydrogen-bond donors (Lipinski definition) is 0. The van der Waals surface area contributed by atoms with Gasteiger partial charge in [-0.15, -0.1) is 0 Å². The summed E-state index contributed by atoms with van der Waals surface area (Å²) >= 11 is 3.35. The van der Waals surface area contributed by atoms with E-state index in [0.717, 1.165) is 21.0 Å². The first-order valence-electron chi connectivity index (χ1n) is 5.94. The molecule has 0 radical (unpaired) electrons. The third kappa shape index (κ3) is 2.22. The lowest BCUT2D eigenvalue weighted by molar-refractivity contribution is 0.101. The fourth-order valence-electron chi connectivity index (χ4n) is 2.06. The SMILES string of the molecule is Cc1cccc2cc(C(=O)c3ccc(Br)cc3)oc12. The molecular formula is C16H11BrO2. The fraction of sp³-hybridized carbons (Fsp3) is 0.0625. The Hall–Kier alpha value is -1.87. The second-order valence-corrected chi connectivity index (χ2v) is 5.36. The summed E-state index contributed by atoms with van der Waals surface area (Å²) in [5.41, 5.74) is 2.44. The van der Waals surface area contributed by atoms with E-state index in [1.54, 1.807) is 18.2 Å². The Morgan fingerprint density at radius 1 is 1.11 bits per heavy atom. The predicted molar refractivity (Wildman–Crippen MR) is 78.5 cm³/mol. The average Bonchev–Trinajstić information content (AvgIpc) is 2.84. The molecule has 3 rings (SSSR count). The van der Waals surface area contributed by atoms with E-state index in [1.165, 1.54) is 0 Å². The standard InChI is InChI=1S/C16H11BrO2/c1-10-3-2-4-12-9-14(19-16(10)12)15(18)11-5-7-13(17)8-6-11/h2-9H,1H3. The molecule has 0 unspecified atom stereocenters. The molecule has 0 bridgehead atoms. The molecule has 0 N–H and O–H groups in total. The summed E-state index contributed by atoms with van der Waals surface area (Å²) < 4.78 is 6.63. The zero-order chi connectivity index (χ0) is 13.4. The lowest BCUT2D eigenvalue weighted by Gasteiger charge is -1.97. The van der Waals surface area contributed by atoms with E-state index in [9.17, 15) is 4.79 Å². The van der Waals surface area contributed by atoms with Crippen molar-refractivity contribution in [1.82, 2.24) is 0 Å². The van der Waals surface area contributed by atoms with Crippen LogP contribution in [-0.4, -0.2) is 5.78 Å². The largest absolute Gasteiger partial charge is 0.452 e. The van der Waals surface area contributed by atoms with Crippen LogP contribution in [0, 0.1) is 6.92 Å². The van der Waals surface area contributed by atoms with Gasteiger partial charge in [0.1, 0.15) is 5.58 Å². The number of halogens is 1. The van der Waals surface area contributed by atoms with Gasteiger partial charge in [-0.3, -0.25) is 4.79 Å². The lowest BCUT2D eigenvalue weighted by Crippen LogP contribution is -1.98. The third-order valence-corrected chi connectivity index (χ3v) is 3.60. The third-order valence-electron chi connectivity index (χ3n) is 3.07. The van der Waals surface area contributed by atoms with E-state index < -0.39 is 0 Å². The summed E-state index contributed by atoms with van der Waals surface area (Å²) in [6.45, 7) is 1.97. The van der Waals surface area contributed by atoms with Crippen LogP contribution in [-0.2, 0) is 0 Å². The first-order valence-corrected chi connectivity index (χ1v) is 6.74. The zero-order valence-electron chi connectivity index (χ0n) is 10.3. The molecule has 0 aliphatic rings. The van der Waals surface area contributed by atoms with Crippen molar-refractivity contribution in [2.24, 2.45) is 0 Å². The van der Waals surface area contributed by atoms with Crippen molar-refractivity contribution in [1.29, 1.82) is 0 Å². The highest BCUT2D eigenvalue weighted by Crippen LogP contribution is 2.24. The molecule has 0 atom stereocenters. The molecule has 0 amide bonds. The van der Waals surface area contributed by atoms with Crippen LogP contribution in [0.2, 0.25) is 0 Å². The molecule has 1 heterocycles. The number of fused-ring (bicyclic) bond motifs is 1. The maximum atomic E-state index is 12.3. The van der Waals surface area contributed by atoms with Gasteiger partial charge < -0.3 is 4.42 Å². The molecular weight excluding hydrogens is 304 g/mol. The van der Waals surface area contributed by atoms with Gasteiger partial charge in [-0.1, -0.05) is 34.1 Å². The first kappa shape index (κ1) is 12.2. The number of rotatable bonds is 2. The Bertz CT molecular complexity index is 754. The van der Waals surface area contributed by atoms with Crippen LogP contribution in [0.15, 0.2) is 57.4 Å². The molecule has 0 saturated carbocycles. The number of furan rings is 1. The van der Waals surface area contributed by atoms with Crippen molar-refractivity contribution in [3.63, 3.8) is 0 Å². The zero-order valence-corrected chi connectivity index (χ0v) is 11.9. The number of aryl methyl sites for hydroxylation is 1. The molecule has 0 aliphatic carbocycles. The van der Waals surface area contributed by atoms with Crippen LogP contribution in [0.4, 0.5) is 0 Å². The van der Waals surface area contributed by atoms with E-state index in [4.69, 9.17) is 4.42 Å².